The summed E-state index contributed by atoms with van der Waals surface area (Å²) < 4.78 is 60.7. The maximum Gasteiger partial charge on any atom is 0.274 e. The van der Waals surface area contributed by atoms with E-state index in [2.05, 4.69) is 74.7 Å². The second kappa shape index (κ2) is 26.9. The number of nitrogens with one attached hydrogen (secondary N) is 2. The van der Waals surface area contributed by atoms with Crippen molar-refractivity contribution in [3.05, 3.63) is 49.1 Å². The minimum atomic E-state index is -5.92. The van der Waals surface area contributed by atoms with Crippen LogP contribution in [0, 0.1) is 5.41 Å². The van der Waals surface area contributed by atoms with E-state index in [-0.39, 0.29) is 41.6 Å². The fourth-order valence-electron chi connectivity index (χ4n) is 5.86. The van der Waals surface area contributed by atoms with Gasteiger partial charge in [-0.3, -0.25) is 28.1 Å². The van der Waals surface area contributed by atoms with E-state index in [1.54, 1.807) is 0 Å². The van der Waals surface area contributed by atoms with Gasteiger partial charge in [0.15, 0.2) is 17.7 Å². The Labute approximate surface area is 380 Å². The number of nitrogen functional groups attached to an aromatic ring is 1. The quantitative estimate of drug-likeness (QED) is 0.0315. The van der Waals surface area contributed by atoms with Crippen LogP contribution in [-0.2, 0) is 50.7 Å². The number of ether oxygens (including phenoxy) is 1. The number of thioether (sulfide) groups is 1. The maximum atomic E-state index is 12.6. The molecule has 366 valence electrons. The van der Waals surface area contributed by atoms with Crippen molar-refractivity contribution in [2.75, 3.05) is 37.8 Å². The molecule has 1 fully saturated rings. The van der Waals surface area contributed by atoms with Gasteiger partial charge in [-0.15, -0.1) is 0 Å². The van der Waals surface area contributed by atoms with E-state index < -0.39 is 84.6 Å². The number of aliphatic hydroxyl groups excluding tert-OH is 2. The number of phosphoric ester groups is 3. The zero-order chi connectivity index (χ0) is 48.3. The number of allylic oxidation sites excluding steroid dienone is 5. The first-order valence-electron chi connectivity index (χ1n) is 20.5. The lowest BCUT2D eigenvalue weighted by atomic mass is 9.87. The van der Waals surface area contributed by atoms with Crippen LogP contribution in [0.4, 0.5) is 5.82 Å². The molecule has 3 rings (SSSR count). The van der Waals surface area contributed by atoms with Crippen LogP contribution in [0.1, 0.15) is 84.8 Å². The molecule has 1 aliphatic heterocycles. The monoisotopic (exact) mass is 995 g/mol. The number of imidazole rings is 1. The average molecular weight is 996 g/mol. The van der Waals surface area contributed by atoms with E-state index in [0.29, 0.717) is 5.75 Å². The number of unbranched alkanes of at least 4 members (excludes halogenated alkanes) is 5. The number of aromatic nitrogens is 4. The molecule has 7 atom stereocenters. The highest BCUT2D eigenvalue weighted by Crippen LogP contribution is 2.56. The van der Waals surface area contributed by atoms with Crippen molar-refractivity contribution in [1.29, 1.82) is 0 Å². The van der Waals surface area contributed by atoms with Crippen molar-refractivity contribution in [1.82, 2.24) is 30.2 Å². The van der Waals surface area contributed by atoms with Gasteiger partial charge in [0, 0.05) is 30.7 Å². The number of rotatable bonds is 30. The van der Waals surface area contributed by atoms with Gasteiger partial charge in [0.1, 0.15) is 36.3 Å². The molecule has 6 N–H and O–H groups in total. The molecule has 2 aromatic heterocycles. The number of nitrogens with two attached hydrogens (primary N) is 1. The Kier molecular flexibility index (Phi) is 23.3. The molecule has 0 bridgehead atoms. The summed E-state index contributed by atoms with van der Waals surface area (Å²) in [5, 5.41) is 26.2. The Balaban J connectivity index is 1.35. The first kappa shape index (κ1) is 56.1. The molecule has 3 heterocycles. The number of phosphoric acid groups is 3. The van der Waals surface area contributed by atoms with E-state index in [1.165, 1.54) is 39.2 Å². The van der Waals surface area contributed by atoms with E-state index in [0.717, 1.165) is 61.1 Å². The third kappa shape index (κ3) is 20.3. The molecule has 2 aromatic rings. The highest BCUT2D eigenvalue weighted by molar-refractivity contribution is 8.14. The summed E-state index contributed by atoms with van der Waals surface area (Å²) in [5.74, 6) is -1.24. The molecule has 65 heavy (non-hydrogen) atoms. The van der Waals surface area contributed by atoms with Crippen LogP contribution in [0.15, 0.2) is 49.1 Å². The molecule has 2 amide bonds. The Morgan fingerprint density at radius 1 is 0.969 bits per heavy atom. The van der Waals surface area contributed by atoms with Crippen LogP contribution in [0.5, 0.6) is 0 Å². The van der Waals surface area contributed by atoms with Crippen molar-refractivity contribution in [2.24, 2.45) is 5.41 Å². The number of anilines is 1. The topological polar surface area (TPSA) is 375 Å². The van der Waals surface area contributed by atoms with E-state index in [1.807, 2.05) is 6.08 Å². The van der Waals surface area contributed by atoms with E-state index in [9.17, 15) is 57.9 Å². The first-order valence-corrected chi connectivity index (χ1v) is 25.9. The minimum absolute atomic E-state index is 0.0216. The highest BCUT2D eigenvalue weighted by atomic mass is 32.2. The molecular formula is C37H56N7O17P3S-4. The van der Waals surface area contributed by atoms with Gasteiger partial charge in [0.2, 0.25) is 16.9 Å². The number of hydrogen-bond donors (Lipinski definition) is 5. The Morgan fingerprint density at radius 3 is 2.34 bits per heavy atom. The van der Waals surface area contributed by atoms with Crippen LogP contribution < -0.4 is 35.9 Å². The third-order valence-corrected chi connectivity index (χ3v) is 13.1. The first-order chi connectivity index (χ1) is 30.6. The molecule has 0 spiro atoms. The lowest BCUT2D eigenvalue weighted by Gasteiger charge is -2.36. The van der Waals surface area contributed by atoms with Crippen molar-refractivity contribution in [3.63, 3.8) is 0 Å². The normalized spacial score (nSPS) is 20.7. The van der Waals surface area contributed by atoms with Crippen molar-refractivity contribution in [2.45, 2.75) is 109 Å². The van der Waals surface area contributed by atoms with Gasteiger partial charge in [-0.25, -0.2) is 19.3 Å². The average Bonchev–Trinajstić information content (AvgIpc) is 3.79. The fraction of sp³-hybridized carbons (Fsp3) is 0.622. The van der Waals surface area contributed by atoms with Crippen LogP contribution in [0.3, 0.4) is 0 Å². The molecule has 0 radical (unpaired) electrons. The molecule has 1 aliphatic rings. The molecule has 0 aromatic carbocycles. The van der Waals surface area contributed by atoms with E-state index in [4.69, 9.17) is 10.5 Å². The van der Waals surface area contributed by atoms with Gasteiger partial charge < -0.3 is 69.0 Å². The SMILES string of the molecule is CCCCC/C=C\C/C=C\CCC/C=C/C(=O)SCCNC(=O)CCNC(=O)[C@H](O)C(C)(C)COP(=O)([O-])OP(=O)([O-])OC[C@H]1O[C@@H](n2cnc3c(N)ncnc32)[C@H](O)[C@@H]1OP(=O)([O-])[O-]. The molecule has 0 aliphatic carbocycles. The summed E-state index contributed by atoms with van der Waals surface area (Å²) in [6.07, 6.45) is 12.7. The highest BCUT2D eigenvalue weighted by Gasteiger charge is 2.47. The summed E-state index contributed by atoms with van der Waals surface area (Å²) in [6.45, 7) is 2.26. The summed E-state index contributed by atoms with van der Waals surface area (Å²) in [6, 6.07) is 0. The number of fused-ring (bicyclic) bond motifs is 1. The second-order valence-electron chi connectivity index (χ2n) is 15.2. The fourth-order valence-corrected chi connectivity index (χ4v) is 9.19. The lowest BCUT2D eigenvalue weighted by Crippen LogP contribution is -2.46. The van der Waals surface area contributed by atoms with Gasteiger partial charge in [0.05, 0.1) is 27.4 Å². The third-order valence-electron chi connectivity index (χ3n) is 9.30. The summed E-state index contributed by atoms with van der Waals surface area (Å²) in [7, 11) is -17.6. The van der Waals surface area contributed by atoms with Gasteiger partial charge in [-0.1, -0.05) is 75.8 Å². The van der Waals surface area contributed by atoms with Gasteiger partial charge in [0.25, 0.3) is 15.6 Å². The van der Waals surface area contributed by atoms with Crippen LogP contribution in [0.25, 0.3) is 11.2 Å². The van der Waals surface area contributed by atoms with E-state index >= 15 is 0 Å². The van der Waals surface area contributed by atoms with Crippen molar-refractivity contribution >= 4 is 69.1 Å². The largest absolute Gasteiger partial charge is 0.790 e. The number of nitrogens with zero attached hydrogens (tertiary/aromatic N) is 4. The number of aliphatic hydroxyl groups is 2. The number of carbonyl (C=O) groups excluding carboxylic acids is 3. The Bertz CT molecular complexity index is 2100. The molecule has 2 unspecified atom stereocenters. The van der Waals surface area contributed by atoms with Crippen molar-refractivity contribution < 1.29 is 80.5 Å². The number of carbonyl (C=O) groups is 3. The standard InChI is InChI=1S/C37H60N7O17P3S/c1-4-5-6-7-8-9-10-11-12-13-14-15-16-17-28(46)65-21-20-39-27(45)18-19-40-35(49)32(48)37(2,3)23-58-64(55,56)61-63(53,54)57-22-26-31(60-62(50,51)52)30(47)36(59-26)44-25-43-29-33(38)41-24-42-34(29)44/h8-9,11-12,16-17,24-26,30-32,36,47-48H,4-7,10,13-15,18-23H2,1-3H3,(H,39,45)(H,40,49)(H,53,54)(H,55,56)(H2,38,41,42)(H2,50,51,52)/p-4/b9-8-,12-11-,17-16+/t26-,30-,31-,32+,36-/m1/s1. The van der Waals surface area contributed by atoms with Gasteiger partial charge in [-0.2, -0.15) is 0 Å². The van der Waals surface area contributed by atoms with Crippen LogP contribution in [0.2, 0.25) is 0 Å². The maximum absolute atomic E-state index is 12.6. The predicted molar refractivity (Wildman–Crippen MR) is 228 cm³/mol. The molecule has 28 heteroatoms. The molecule has 0 saturated carbocycles. The van der Waals surface area contributed by atoms with Crippen LogP contribution >= 0.6 is 35.2 Å². The molecule has 1 saturated heterocycles. The Hall–Kier alpha value is -3.22. The number of hydrogen-bond acceptors (Lipinski definition) is 22. The summed E-state index contributed by atoms with van der Waals surface area (Å²) >= 11 is 1.03. The summed E-state index contributed by atoms with van der Waals surface area (Å²) in [4.78, 5) is 96.6. The number of amides is 2. The lowest BCUT2D eigenvalue weighted by molar-refractivity contribution is -0.347. The van der Waals surface area contributed by atoms with Gasteiger partial charge >= 0.3 is 0 Å². The van der Waals surface area contributed by atoms with Crippen LogP contribution in [-0.4, -0.2) is 103 Å². The predicted octanol–water partition coefficient (Wildman–Crippen LogP) is 0.946. The zero-order valence-electron chi connectivity index (χ0n) is 36.0. The second-order valence-corrected chi connectivity index (χ2v) is 20.3. The minimum Gasteiger partial charge on any atom is -0.790 e. The van der Waals surface area contributed by atoms with Gasteiger partial charge in [-0.05, 0) is 44.6 Å². The summed E-state index contributed by atoms with van der Waals surface area (Å²) in [5.41, 5.74) is 4.07. The molecular weight excluding hydrogens is 939 g/mol. The Morgan fingerprint density at radius 2 is 1.65 bits per heavy atom. The molecule has 24 nitrogen and oxygen atoms in total. The smallest absolute Gasteiger partial charge is 0.274 e. The van der Waals surface area contributed by atoms with Crippen molar-refractivity contribution in [3.8, 4) is 0 Å². The zero-order valence-corrected chi connectivity index (χ0v) is 39.5.